The molecule has 2 atom stereocenters. The van der Waals surface area contributed by atoms with Gasteiger partial charge >= 0.3 is 6.03 Å². The number of nitrogens with one attached hydrogen (secondary N) is 1. The van der Waals surface area contributed by atoms with Gasteiger partial charge in [-0.15, -0.1) is 0 Å². The number of aliphatic hydroxyl groups excluding tert-OH is 1. The number of hydrogen-bond acceptors (Lipinski definition) is 4. The van der Waals surface area contributed by atoms with E-state index in [0.29, 0.717) is 35.3 Å². The van der Waals surface area contributed by atoms with E-state index in [-0.39, 0.29) is 30.8 Å². The van der Waals surface area contributed by atoms with Gasteiger partial charge in [0.15, 0.2) is 0 Å². The molecule has 0 radical (unpaired) electrons. The van der Waals surface area contributed by atoms with Crippen molar-refractivity contribution in [1.82, 2.24) is 15.2 Å². The second-order valence-electron chi connectivity index (χ2n) is 5.94. The fourth-order valence-electron chi connectivity index (χ4n) is 3.39. The summed E-state index contributed by atoms with van der Waals surface area (Å²) in [5.74, 6) is 0.298. The highest BCUT2D eigenvalue weighted by Gasteiger charge is 2.42. The zero-order chi connectivity index (χ0) is 16.4. The molecule has 2 N–H and O–H groups in total. The van der Waals surface area contributed by atoms with Crippen LogP contribution in [0.4, 0.5) is 4.79 Å². The van der Waals surface area contributed by atoms with Gasteiger partial charge < -0.3 is 20.1 Å². The Morgan fingerprint density at radius 3 is 2.74 bits per heavy atom. The Hall–Kier alpha value is -1.24. The summed E-state index contributed by atoms with van der Waals surface area (Å²) in [6.45, 7) is 0.629. The van der Waals surface area contributed by atoms with Crippen molar-refractivity contribution >= 4 is 29.2 Å². The fourth-order valence-corrected chi connectivity index (χ4v) is 3.82. The first-order valence-electron chi connectivity index (χ1n) is 7.72. The molecule has 2 amide bonds. The van der Waals surface area contributed by atoms with Crippen molar-refractivity contribution in [2.75, 3.05) is 13.2 Å². The molecular formula is C15H19Cl2N3O3. The van der Waals surface area contributed by atoms with E-state index in [9.17, 15) is 9.90 Å². The van der Waals surface area contributed by atoms with Gasteiger partial charge in [-0.05, 0) is 31.7 Å². The lowest BCUT2D eigenvalue weighted by Gasteiger charge is -2.37. The number of rotatable bonds is 4. The SMILES string of the molecule is O=C(NCCOc1ncc(Cl)cc1Cl)N1C2CCC1CC(O)C2. The third-order valence-corrected chi connectivity index (χ3v) is 4.81. The number of carbonyl (C=O) groups excluding carboxylic acids is 1. The molecule has 2 aliphatic rings. The van der Waals surface area contributed by atoms with E-state index < -0.39 is 0 Å². The summed E-state index contributed by atoms with van der Waals surface area (Å²) in [6.07, 6.45) is 4.46. The molecular weight excluding hydrogens is 341 g/mol. The number of piperidine rings is 1. The van der Waals surface area contributed by atoms with E-state index in [1.807, 2.05) is 4.90 Å². The summed E-state index contributed by atoms with van der Waals surface area (Å²) in [6, 6.07) is 1.76. The van der Waals surface area contributed by atoms with Gasteiger partial charge in [-0.3, -0.25) is 0 Å². The third-order valence-electron chi connectivity index (χ3n) is 4.33. The molecule has 1 aromatic heterocycles. The highest BCUT2D eigenvalue weighted by molar-refractivity contribution is 6.35. The predicted molar refractivity (Wildman–Crippen MR) is 87.0 cm³/mol. The molecule has 0 aromatic carbocycles. The maximum atomic E-state index is 12.3. The summed E-state index contributed by atoms with van der Waals surface area (Å²) in [5.41, 5.74) is 0. The molecule has 2 unspecified atom stereocenters. The molecule has 8 heteroatoms. The number of pyridine rings is 1. The van der Waals surface area contributed by atoms with Crippen LogP contribution >= 0.6 is 23.2 Å². The summed E-state index contributed by atoms with van der Waals surface area (Å²) in [7, 11) is 0. The minimum atomic E-state index is -0.280. The lowest BCUT2D eigenvalue weighted by Crippen LogP contribution is -2.52. The second-order valence-corrected chi connectivity index (χ2v) is 6.78. The fraction of sp³-hybridized carbons (Fsp3) is 0.600. The van der Waals surface area contributed by atoms with E-state index in [1.54, 1.807) is 6.07 Å². The number of aliphatic hydroxyl groups is 1. The number of amides is 2. The molecule has 6 nitrogen and oxygen atoms in total. The smallest absolute Gasteiger partial charge is 0.318 e. The molecule has 0 spiro atoms. The first-order chi connectivity index (χ1) is 11.0. The maximum Gasteiger partial charge on any atom is 0.318 e. The summed E-state index contributed by atoms with van der Waals surface area (Å²) >= 11 is 11.7. The van der Waals surface area contributed by atoms with Crippen LogP contribution in [0.15, 0.2) is 12.3 Å². The van der Waals surface area contributed by atoms with Crippen molar-refractivity contribution in [1.29, 1.82) is 0 Å². The van der Waals surface area contributed by atoms with Crippen LogP contribution in [0.25, 0.3) is 0 Å². The number of carbonyl (C=O) groups is 1. The van der Waals surface area contributed by atoms with Gasteiger partial charge in [-0.25, -0.2) is 9.78 Å². The van der Waals surface area contributed by atoms with Crippen molar-refractivity contribution in [3.8, 4) is 5.88 Å². The molecule has 2 aliphatic heterocycles. The second kappa shape index (κ2) is 7.11. The van der Waals surface area contributed by atoms with Crippen LogP contribution in [-0.4, -0.2) is 52.4 Å². The van der Waals surface area contributed by atoms with Gasteiger partial charge in [-0.2, -0.15) is 0 Å². The number of aromatic nitrogens is 1. The number of fused-ring (bicyclic) bond motifs is 2. The molecule has 23 heavy (non-hydrogen) atoms. The number of urea groups is 1. The van der Waals surface area contributed by atoms with Gasteiger partial charge in [0.2, 0.25) is 5.88 Å². The highest BCUT2D eigenvalue weighted by Crippen LogP contribution is 2.35. The van der Waals surface area contributed by atoms with Crippen LogP contribution in [0.1, 0.15) is 25.7 Å². The van der Waals surface area contributed by atoms with Crippen molar-refractivity contribution in [2.24, 2.45) is 0 Å². The molecule has 3 heterocycles. The average molecular weight is 360 g/mol. The van der Waals surface area contributed by atoms with Crippen LogP contribution in [-0.2, 0) is 0 Å². The first-order valence-corrected chi connectivity index (χ1v) is 8.48. The number of ether oxygens (including phenoxy) is 1. The Morgan fingerprint density at radius 2 is 2.09 bits per heavy atom. The summed E-state index contributed by atoms with van der Waals surface area (Å²) in [4.78, 5) is 18.2. The number of halogens is 2. The van der Waals surface area contributed by atoms with E-state index in [0.717, 1.165) is 12.8 Å². The topological polar surface area (TPSA) is 74.7 Å². The average Bonchev–Trinajstić information content (AvgIpc) is 2.77. The van der Waals surface area contributed by atoms with Crippen LogP contribution in [0.3, 0.4) is 0 Å². The zero-order valence-electron chi connectivity index (χ0n) is 12.5. The van der Waals surface area contributed by atoms with Gasteiger partial charge in [0.05, 0.1) is 17.7 Å². The zero-order valence-corrected chi connectivity index (χ0v) is 14.1. The quantitative estimate of drug-likeness (QED) is 0.809. The van der Waals surface area contributed by atoms with Crippen LogP contribution in [0.5, 0.6) is 5.88 Å². The molecule has 2 saturated heterocycles. The molecule has 3 rings (SSSR count). The first kappa shape index (κ1) is 16.6. The number of nitrogens with zero attached hydrogens (tertiary/aromatic N) is 2. The van der Waals surface area contributed by atoms with Crippen LogP contribution in [0, 0.1) is 0 Å². The van der Waals surface area contributed by atoms with Crippen molar-refractivity contribution in [3.05, 3.63) is 22.3 Å². The van der Waals surface area contributed by atoms with Crippen molar-refractivity contribution in [2.45, 2.75) is 43.9 Å². The third kappa shape index (κ3) is 3.82. The van der Waals surface area contributed by atoms with Crippen LogP contribution < -0.4 is 10.1 Å². The normalized spacial score (nSPS) is 26.2. The Kier molecular flexibility index (Phi) is 5.14. The lowest BCUT2D eigenvalue weighted by atomic mass is 10.0. The van der Waals surface area contributed by atoms with Crippen molar-refractivity contribution < 1.29 is 14.6 Å². The molecule has 2 bridgehead atoms. The van der Waals surface area contributed by atoms with E-state index in [1.165, 1.54) is 6.20 Å². The standard InChI is InChI=1S/C15H19Cl2N3O3/c16-9-5-13(17)14(19-8-9)23-4-3-18-15(22)20-10-1-2-11(20)7-12(21)6-10/h5,8,10-12,21H,1-4,6-7H2,(H,18,22). The largest absolute Gasteiger partial charge is 0.475 e. The predicted octanol–water partition coefficient (Wildman–Crippen LogP) is 2.46. The van der Waals surface area contributed by atoms with Crippen LogP contribution in [0.2, 0.25) is 10.0 Å². The van der Waals surface area contributed by atoms with Gasteiger partial charge in [0.1, 0.15) is 11.6 Å². The maximum absolute atomic E-state index is 12.3. The Morgan fingerprint density at radius 1 is 1.39 bits per heavy atom. The molecule has 126 valence electrons. The number of hydrogen-bond donors (Lipinski definition) is 2. The van der Waals surface area contributed by atoms with E-state index >= 15 is 0 Å². The van der Waals surface area contributed by atoms with Gasteiger partial charge in [0, 0.05) is 18.3 Å². The molecule has 1 aromatic rings. The van der Waals surface area contributed by atoms with E-state index in [4.69, 9.17) is 27.9 Å². The lowest BCUT2D eigenvalue weighted by molar-refractivity contribution is 0.0540. The Balaban J connectivity index is 1.45. The summed E-state index contributed by atoms with van der Waals surface area (Å²) < 4.78 is 5.44. The van der Waals surface area contributed by atoms with Gasteiger partial charge in [-0.1, -0.05) is 23.2 Å². The molecule has 0 saturated carbocycles. The van der Waals surface area contributed by atoms with Crippen molar-refractivity contribution in [3.63, 3.8) is 0 Å². The summed E-state index contributed by atoms with van der Waals surface area (Å²) in [5, 5.41) is 13.4. The molecule has 2 fully saturated rings. The Labute approximate surface area is 144 Å². The minimum absolute atomic E-state index is 0.0943. The Bertz CT molecular complexity index is 573. The van der Waals surface area contributed by atoms with Gasteiger partial charge in [0.25, 0.3) is 0 Å². The monoisotopic (exact) mass is 359 g/mol. The highest BCUT2D eigenvalue weighted by atomic mass is 35.5. The van der Waals surface area contributed by atoms with E-state index in [2.05, 4.69) is 10.3 Å². The minimum Gasteiger partial charge on any atom is -0.475 e. The molecule has 0 aliphatic carbocycles.